The van der Waals surface area contributed by atoms with Crippen molar-refractivity contribution >= 4 is 44.6 Å². The molecule has 0 radical (unpaired) electrons. The van der Waals surface area contributed by atoms with E-state index in [1.54, 1.807) is 0 Å². The lowest BCUT2D eigenvalue weighted by Crippen LogP contribution is -2.31. The third-order valence-electron chi connectivity index (χ3n) is 5.53. The summed E-state index contributed by atoms with van der Waals surface area (Å²) >= 11 is 1.44. The van der Waals surface area contributed by atoms with E-state index in [4.69, 9.17) is 5.73 Å². The largest absolute Gasteiger partial charge is 0.382 e. The van der Waals surface area contributed by atoms with E-state index in [9.17, 15) is 13.2 Å². The molecule has 3 N–H and O–H groups in total. The standard InChI is InChI=1S/C22H28N6O3S2/c1-4-14-9-15-5-6-17(29)16(15)10-18(14)32-22-27-19-20(23)24-12-25-21(19)28(22)8-7-26-33(30,31)11-13(2)3/h9-10,12-13,26H,4-8,11H2,1-3H3,(H2,23,24,25). The molecule has 1 aliphatic rings. The molecule has 3 aromatic rings. The molecule has 2 heterocycles. The van der Waals surface area contributed by atoms with Crippen LogP contribution in [0.2, 0.25) is 0 Å². The first kappa shape index (κ1) is 23.7. The monoisotopic (exact) mass is 488 g/mol. The van der Waals surface area contributed by atoms with Crippen molar-refractivity contribution in [3.8, 4) is 0 Å². The van der Waals surface area contributed by atoms with Crippen molar-refractivity contribution in [2.45, 2.75) is 56.6 Å². The van der Waals surface area contributed by atoms with Crippen LogP contribution in [-0.4, -0.2) is 46.0 Å². The number of aromatic nitrogens is 4. The van der Waals surface area contributed by atoms with Crippen molar-refractivity contribution in [1.29, 1.82) is 0 Å². The van der Waals surface area contributed by atoms with Gasteiger partial charge in [0.05, 0.1) is 5.75 Å². The van der Waals surface area contributed by atoms with Gasteiger partial charge in [-0.2, -0.15) is 0 Å². The average molecular weight is 489 g/mol. The number of rotatable bonds is 9. The second-order valence-corrected chi connectivity index (χ2v) is 11.4. The normalized spacial score (nSPS) is 13.9. The third-order valence-corrected chi connectivity index (χ3v) is 8.37. The summed E-state index contributed by atoms with van der Waals surface area (Å²) in [6.07, 6.45) is 3.53. The molecule has 0 unspecified atom stereocenters. The van der Waals surface area contributed by atoms with Crippen molar-refractivity contribution in [2.24, 2.45) is 5.92 Å². The molecule has 1 aliphatic carbocycles. The fourth-order valence-corrected chi connectivity index (χ4v) is 6.55. The van der Waals surface area contributed by atoms with Gasteiger partial charge in [0.2, 0.25) is 10.0 Å². The molecule has 0 fully saturated rings. The second kappa shape index (κ2) is 9.40. The number of fused-ring (bicyclic) bond motifs is 2. The molecule has 176 valence electrons. The number of nitrogens with two attached hydrogens (primary N) is 1. The van der Waals surface area contributed by atoms with Crippen LogP contribution in [0.1, 0.15) is 48.7 Å². The first-order valence-corrected chi connectivity index (χ1v) is 13.5. The van der Waals surface area contributed by atoms with Crippen LogP contribution in [0, 0.1) is 5.92 Å². The number of carbonyl (C=O) groups is 1. The Hall–Kier alpha value is -2.50. The van der Waals surface area contributed by atoms with Crippen molar-refractivity contribution < 1.29 is 13.2 Å². The van der Waals surface area contributed by atoms with Crippen LogP contribution in [0.5, 0.6) is 0 Å². The summed E-state index contributed by atoms with van der Waals surface area (Å²) in [5.74, 6) is 0.529. The molecule has 1 aromatic carbocycles. The summed E-state index contributed by atoms with van der Waals surface area (Å²) < 4.78 is 29.0. The summed E-state index contributed by atoms with van der Waals surface area (Å²) in [4.78, 5) is 26.3. The molecule has 0 saturated carbocycles. The Morgan fingerprint density at radius 3 is 2.76 bits per heavy atom. The van der Waals surface area contributed by atoms with Crippen LogP contribution in [0.15, 0.2) is 28.5 Å². The van der Waals surface area contributed by atoms with Gasteiger partial charge in [0.15, 0.2) is 27.9 Å². The quantitative estimate of drug-likeness (QED) is 0.470. The Bertz CT molecular complexity index is 1320. The van der Waals surface area contributed by atoms with Crippen LogP contribution in [0.4, 0.5) is 5.82 Å². The number of nitrogen functional groups attached to an aromatic ring is 1. The van der Waals surface area contributed by atoms with E-state index in [1.807, 2.05) is 24.5 Å². The minimum Gasteiger partial charge on any atom is -0.382 e. The lowest BCUT2D eigenvalue weighted by atomic mass is 10.0. The number of sulfonamides is 1. The van der Waals surface area contributed by atoms with Gasteiger partial charge in [-0.25, -0.2) is 28.1 Å². The van der Waals surface area contributed by atoms with E-state index in [2.05, 4.69) is 32.7 Å². The molecule has 0 atom stereocenters. The first-order valence-electron chi connectivity index (χ1n) is 11.0. The van der Waals surface area contributed by atoms with Crippen LogP contribution in [0.25, 0.3) is 11.2 Å². The number of carbonyl (C=O) groups excluding carboxylic acids is 1. The molecule has 0 amide bonds. The molecule has 9 nitrogen and oxygen atoms in total. The number of hydrogen-bond acceptors (Lipinski definition) is 8. The van der Waals surface area contributed by atoms with Crippen LogP contribution >= 0.6 is 11.8 Å². The van der Waals surface area contributed by atoms with Crippen molar-refractivity contribution in [2.75, 3.05) is 18.0 Å². The number of Topliss-reactive ketones (excluding diaryl/α,β-unsaturated/α-hetero) is 1. The van der Waals surface area contributed by atoms with E-state index < -0.39 is 10.0 Å². The van der Waals surface area contributed by atoms with E-state index >= 15 is 0 Å². The van der Waals surface area contributed by atoms with Gasteiger partial charge in [-0.05, 0) is 36.0 Å². The number of nitrogens with one attached hydrogen (secondary N) is 1. The molecule has 0 spiro atoms. The smallest absolute Gasteiger partial charge is 0.211 e. The van der Waals surface area contributed by atoms with Gasteiger partial charge in [-0.1, -0.05) is 38.6 Å². The van der Waals surface area contributed by atoms with Gasteiger partial charge in [0.1, 0.15) is 6.33 Å². The second-order valence-electron chi connectivity index (χ2n) is 8.54. The van der Waals surface area contributed by atoms with E-state index in [0.29, 0.717) is 29.3 Å². The summed E-state index contributed by atoms with van der Waals surface area (Å²) in [7, 11) is -3.38. The number of nitrogens with zero attached hydrogens (tertiary/aromatic N) is 4. The Kier molecular flexibility index (Phi) is 6.73. The number of aryl methyl sites for hydroxylation is 2. The van der Waals surface area contributed by atoms with Gasteiger partial charge in [0.25, 0.3) is 0 Å². The number of anilines is 1. The van der Waals surface area contributed by atoms with Crippen molar-refractivity contribution in [3.05, 3.63) is 35.2 Å². The Labute approximate surface area is 197 Å². The molecule has 0 aliphatic heterocycles. The molecule has 4 rings (SSSR count). The maximum Gasteiger partial charge on any atom is 0.211 e. The fraction of sp³-hybridized carbons (Fsp3) is 0.455. The Morgan fingerprint density at radius 2 is 2.03 bits per heavy atom. The van der Waals surface area contributed by atoms with Gasteiger partial charge < -0.3 is 10.3 Å². The number of hydrogen-bond donors (Lipinski definition) is 2. The minimum absolute atomic E-state index is 0.0326. The zero-order valence-corrected chi connectivity index (χ0v) is 20.6. The maximum atomic E-state index is 12.3. The zero-order valence-electron chi connectivity index (χ0n) is 19.0. The highest BCUT2D eigenvalue weighted by molar-refractivity contribution is 7.99. The fourth-order valence-electron chi connectivity index (χ4n) is 4.02. The SMILES string of the molecule is CCc1cc2c(cc1Sc1nc3c(N)ncnc3n1CCNS(=O)(=O)CC(C)C)C(=O)CC2. The number of benzene rings is 1. The summed E-state index contributed by atoms with van der Waals surface area (Å²) in [6, 6.07) is 4.07. The predicted octanol–water partition coefficient (Wildman–Crippen LogP) is 2.83. The van der Waals surface area contributed by atoms with Crippen LogP contribution < -0.4 is 10.5 Å². The highest BCUT2D eigenvalue weighted by Crippen LogP contribution is 2.36. The zero-order chi connectivity index (χ0) is 23.8. The van der Waals surface area contributed by atoms with Crippen LogP contribution in [-0.2, 0) is 29.4 Å². The molecule has 2 aromatic heterocycles. The maximum absolute atomic E-state index is 12.3. The molecule has 0 bridgehead atoms. The first-order chi connectivity index (χ1) is 15.7. The highest BCUT2D eigenvalue weighted by atomic mass is 32.2. The van der Waals surface area contributed by atoms with E-state index in [0.717, 1.165) is 34.4 Å². The van der Waals surface area contributed by atoms with Gasteiger partial charge in [0, 0.05) is 30.0 Å². The minimum atomic E-state index is -3.38. The molecule has 33 heavy (non-hydrogen) atoms. The van der Waals surface area contributed by atoms with E-state index in [1.165, 1.54) is 18.1 Å². The molecule has 0 saturated heterocycles. The Morgan fingerprint density at radius 1 is 1.24 bits per heavy atom. The summed E-state index contributed by atoms with van der Waals surface area (Å²) in [5.41, 5.74) is 10.1. The van der Waals surface area contributed by atoms with Gasteiger partial charge in [-0.3, -0.25) is 4.79 Å². The van der Waals surface area contributed by atoms with Crippen LogP contribution in [0.3, 0.4) is 0 Å². The summed E-state index contributed by atoms with van der Waals surface area (Å²) in [5, 5.41) is 0.625. The molecular weight excluding hydrogens is 460 g/mol. The number of ketones is 1. The third kappa shape index (κ3) is 5.04. The highest BCUT2D eigenvalue weighted by Gasteiger charge is 2.23. The van der Waals surface area contributed by atoms with Gasteiger partial charge >= 0.3 is 0 Å². The Balaban J connectivity index is 1.68. The molecule has 11 heteroatoms. The van der Waals surface area contributed by atoms with E-state index in [-0.39, 0.29) is 29.8 Å². The topological polar surface area (TPSA) is 133 Å². The lowest BCUT2D eigenvalue weighted by molar-refractivity contribution is 0.0994. The van der Waals surface area contributed by atoms with Crippen molar-refractivity contribution in [3.63, 3.8) is 0 Å². The van der Waals surface area contributed by atoms with Crippen molar-refractivity contribution in [1.82, 2.24) is 24.2 Å². The number of imidazole rings is 1. The predicted molar refractivity (Wildman–Crippen MR) is 129 cm³/mol. The van der Waals surface area contributed by atoms with Gasteiger partial charge in [-0.15, -0.1) is 0 Å². The molecular formula is C22H28N6O3S2. The average Bonchev–Trinajstić information content (AvgIpc) is 3.28. The summed E-state index contributed by atoms with van der Waals surface area (Å²) in [6.45, 7) is 6.34. The lowest BCUT2D eigenvalue weighted by Gasteiger charge is -2.13.